The number of carbonyl (C=O) groups is 2. The number of benzene rings is 2. The lowest BCUT2D eigenvalue weighted by Crippen LogP contribution is -2.24. The minimum atomic E-state index is -0.887. The molecular formula is C21H20ClFN2O3. The molecule has 2 N–H and O–H groups in total. The van der Waals surface area contributed by atoms with Crippen LogP contribution in [0.15, 0.2) is 36.4 Å². The molecule has 1 unspecified atom stereocenters. The summed E-state index contributed by atoms with van der Waals surface area (Å²) in [4.78, 5) is 23.6. The molecule has 3 aromatic rings. The number of aliphatic carboxylic acids is 1. The van der Waals surface area contributed by atoms with Gasteiger partial charge in [-0.1, -0.05) is 35.9 Å². The van der Waals surface area contributed by atoms with Crippen molar-refractivity contribution in [2.75, 3.05) is 0 Å². The van der Waals surface area contributed by atoms with E-state index in [1.54, 1.807) is 61.9 Å². The first-order valence-corrected chi connectivity index (χ1v) is 9.12. The van der Waals surface area contributed by atoms with E-state index in [2.05, 4.69) is 5.32 Å². The minimum Gasteiger partial charge on any atom is -0.481 e. The van der Waals surface area contributed by atoms with Crippen LogP contribution in [0.1, 0.15) is 40.0 Å². The van der Waals surface area contributed by atoms with Crippen LogP contribution in [0.2, 0.25) is 5.02 Å². The summed E-state index contributed by atoms with van der Waals surface area (Å²) in [5, 5.41) is 12.4. The fourth-order valence-corrected chi connectivity index (χ4v) is 3.39. The van der Waals surface area contributed by atoms with Gasteiger partial charge in [0.05, 0.1) is 16.5 Å². The van der Waals surface area contributed by atoms with Gasteiger partial charge in [-0.25, -0.2) is 4.39 Å². The maximum absolute atomic E-state index is 14.0. The van der Waals surface area contributed by atoms with Gasteiger partial charge in [0, 0.05) is 19.0 Å². The number of rotatable bonds is 5. The van der Waals surface area contributed by atoms with Gasteiger partial charge in [-0.15, -0.1) is 0 Å². The van der Waals surface area contributed by atoms with Crippen LogP contribution in [0.5, 0.6) is 0 Å². The largest absolute Gasteiger partial charge is 0.481 e. The van der Waals surface area contributed by atoms with Crippen LogP contribution in [-0.4, -0.2) is 21.6 Å². The van der Waals surface area contributed by atoms with Crippen molar-refractivity contribution in [2.24, 2.45) is 7.05 Å². The molecule has 0 fully saturated rings. The molecule has 1 aromatic heterocycles. The predicted octanol–water partition coefficient (Wildman–Crippen LogP) is 4.40. The van der Waals surface area contributed by atoms with Crippen LogP contribution in [0.4, 0.5) is 4.39 Å². The van der Waals surface area contributed by atoms with Gasteiger partial charge in [0.25, 0.3) is 5.91 Å². The van der Waals surface area contributed by atoms with Gasteiger partial charge >= 0.3 is 5.97 Å². The molecule has 0 saturated heterocycles. The number of halogens is 2. The van der Waals surface area contributed by atoms with E-state index in [-0.39, 0.29) is 17.5 Å². The molecular weight excluding hydrogens is 383 g/mol. The van der Waals surface area contributed by atoms with E-state index in [4.69, 9.17) is 16.7 Å². The average Bonchev–Trinajstić information content (AvgIpc) is 3.00. The number of aryl methyl sites for hydroxylation is 2. The smallest absolute Gasteiger partial charge is 0.310 e. The number of nitrogens with zero attached hydrogens (tertiary/aromatic N) is 1. The molecule has 0 radical (unpaired) electrons. The monoisotopic (exact) mass is 402 g/mol. The topological polar surface area (TPSA) is 71.3 Å². The Morgan fingerprint density at radius 1 is 1.25 bits per heavy atom. The third-order valence-electron chi connectivity index (χ3n) is 4.94. The van der Waals surface area contributed by atoms with E-state index in [1.807, 2.05) is 0 Å². The molecule has 0 aliphatic rings. The Kier molecular flexibility index (Phi) is 5.42. The maximum atomic E-state index is 14.0. The highest BCUT2D eigenvalue weighted by Crippen LogP contribution is 2.31. The van der Waals surface area contributed by atoms with Crippen LogP contribution in [0.25, 0.3) is 10.9 Å². The van der Waals surface area contributed by atoms with E-state index in [9.17, 15) is 14.0 Å². The number of hydrogen-bond acceptors (Lipinski definition) is 2. The third-order valence-corrected chi connectivity index (χ3v) is 5.31. The molecule has 3 rings (SSSR count). The lowest BCUT2D eigenvalue weighted by molar-refractivity contribution is -0.138. The van der Waals surface area contributed by atoms with Crippen molar-refractivity contribution >= 4 is 34.4 Å². The standard InChI is InChI=1S/C21H20ClFN2O3/c1-11-8-16-15(18(22)19(11)23)9-17(25(16)3)20(26)24-10-13-4-6-14(7-5-13)12(2)21(27)28/h4-9,12H,10H2,1-3H3,(H,24,26)(H,27,28). The molecule has 0 aliphatic heterocycles. The second-order valence-electron chi connectivity index (χ2n) is 6.83. The molecule has 146 valence electrons. The van der Waals surface area contributed by atoms with Gasteiger partial charge in [-0.2, -0.15) is 0 Å². The fourth-order valence-electron chi connectivity index (χ4n) is 3.09. The molecule has 2 aromatic carbocycles. The van der Waals surface area contributed by atoms with Crippen LogP contribution in [0, 0.1) is 12.7 Å². The van der Waals surface area contributed by atoms with Crippen LogP contribution in [0.3, 0.4) is 0 Å². The first-order chi connectivity index (χ1) is 13.2. The van der Waals surface area contributed by atoms with Gasteiger partial charge in [0.15, 0.2) is 0 Å². The summed E-state index contributed by atoms with van der Waals surface area (Å²) in [5.74, 6) is -2.27. The van der Waals surface area contributed by atoms with Crippen molar-refractivity contribution in [3.05, 3.63) is 69.6 Å². The van der Waals surface area contributed by atoms with Gasteiger partial charge < -0.3 is 15.0 Å². The van der Waals surface area contributed by atoms with Crippen molar-refractivity contribution < 1.29 is 19.1 Å². The Morgan fingerprint density at radius 3 is 2.50 bits per heavy atom. The van der Waals surface area contributed by atoms with Crippen molar-refractivity contribution in [1.82, 2.24) is 9.88 Å². The van der Waals surface area contributed by atoms with Crippen LogP contribution < -0.4 is 5.32 Å². The number of fused-ring (bicyclic) bond motifs is 1. The summed E-state index contributed by atoms with van der Waals surface area (Å²) in [5.41, 5.74) is 3.01. The second-order valence-corrected chi connectivity index (χ2v) is 7.20. The molecule has 0 aliphatic carbocycles. The fraction of sp³-hybridized carbons (Fsp3) is 0.238. The lowest BCUT2D eigenvalue weighted by atomic mass is 10.00. The summed E-state index contributed by atoms with van der Waals surface area (Å²) in [7, 11) is 1.73. The number of carboxylic acids is 1. The van der Waals surface area contributed by atoms with Crippen molar-refractivity contribution in [1.29, 1.82) is 0 Å². The highest BCUT2D eigenvalue weighted by molar-refractivity contribution is 6.36. The van der Waals surface area contributed by atoms with Gasteiger partial charge in [0.2, 0.25) is 0 Å². The zero-order valence-corrected chi connectivity index (χ0v) is 16.5. The number of carbonyl (C=O) groups excluding carboxylic acids is 1. The lowest BCUT2D eigenvalue weighted by Gasteiger charge is -2.09. The first-order valence-electron chi connectivity index (χ1n) is 8.74. The van der Waals surface area contributed by atoms with Gasteiger partial charge in [-0.05, 0) is 42.7 Å². The number of aromatic nitrogens is 1. The van der Waals surface area contributed by atoms with Gasteiger partial charge in [0.1, 0.15) is 11.5 Å². The van der Waals surface area contributed by atoms with E-state index in [0.29, 0.717) is 27.7 Å². The Balaban J connectivity index is 1.78. The maximum Gasteiger partial charge on any atom is 0.310 e. The Morgan fingerprint density at radius 2 is 1.89 bits per heavy atom. The number of hydrogen-bond donors (Lipinski definition) is 2. The molecule has 1 atom stereocenters. The summed E-state index contributed by atoms with van der Waals surface area (Å²) in [6, 6.07) is 10.3. The predicted molar refractivity (Wildman–Crippen MR) is 106 cm³/mol. The normalized spacial score (nSPS) is 12.2. The van der Waals surface area contributed by atoms with Crippen molar-refractivity contribution in [3.8, 4) is 0 Å². The molecule has 0 spiro atoms. The average molecular weight is 403 g/mol. The number of nitrogens with one attached hydrogen (secondary N) is 1. The van der Waals surface area contributed by atoms with E-state index < -0.39 is 17.7 Å². The van der Waals surface area contributed by atoms with Crippen LogP contribution in [-0.2, 0) is 18.4 Å². The first kappa shape index (κ1) is 19.9. The third kappa shape index (κ3) is 3.60. The SMILES string of the molecule is Cc1cc2c(cc(C(=O)NCc3ccc(C(C)C(=O)O)cc3)n2C)c(Cl)c1F. The molecule has 1 amide bonds. The van der Waals surface area contributed by atoms with Crippen LogP contribution >= 0.6 is 11.6 Å². The zero-order chi connectivity index (χ0) is 20.6. The molecule has 5 nitrogen and oxygen atoms in total. The second kappa shape index (κ2) is 7.64. The quantitative estimate of drug-likeness (QED) is 0.664. The van der Waals surface area contributed by atoms with E-state index in [1.165, 1.54) is 0 Å². The molecule has 7 heteroatoms. The zero-order valence-electron chi connectivity index (χ0n) is 15.7. The van der Waals surface area contributed by atoms with Crippen molar-refractivity contribution in [3.63, 3.8) is 0 Å². The molecule has 1 heterocycles. The van der Waals surface area contributed by atoms with E-state index in [0.717, 1.165) is 5.56 Å². The summed E-state index contributed by atoms with van der Waals surface area (Å²) >= 11 is 6.09. The summed E-state index contributed by atoms with van der Waals surface area (Å²) in [6.45, 7) is 3.53. The Bertz CT molecular complexity index is 1070. The summed E-state index contributed by atoms with van der Waals surface area (Å²) in [6.07, 6.45) is 0. The number of amides is 1. The summed E-state index contributed by atoms with van der Waals surface area (Å²) < 4.78 is 15.7. The van der Waals surface area contributed by atoms with Crippen molar-refractivity contribution in [2.45, 2.75) is 26.3 Å². The number of carboxylic acid groups (broad SMARTS) is 1. The molecule has 0 saturated carbocycles. The van der Waals surface area contributed by atoms with E-state index >= 15 is 0 Å². The molecule has 28 heavy (non-hydrogen) atoms. The Hall–Kier alpha value is -2.86. The molecule has 0 bridgehead atoms. The van der Waals surface area contributed by atoms with Gasteiger partial charge in [-0.3, -0.25) is 9.59 Å². The minimum absolute atomic E-state index is 0.00721. The highest BCUT2D eigenvalue weighted by Gasteiger charge is 2.18. The highest BCUT2D eigenvalue weighted by atomic mass is 35.5. The Labute approximate surface area is 166 Å².